The summed E-state index contributed by atoms with van der Waals surface area (Å²) in [6.45, 7) is 3.45. The van der Waals surface area contributed by atoms with E-state index < -0.39 is 0 Å². The zero-order chi connectivity index (χ0) is 21.8. The van der Waals surface area contributed by atoms with Gasteiger partial charge >= 0.3 is 0 Å². The van der Waals surface area contributed by atoms with Crippen molar-refractivity contribution in [3.63, 3.8) is 0 Å². The second-order valence-corrected chi connectivity index (χ2v) is 7.75. The van der Waals surface area contributed by atoms with E-state index in [1.54, 1.807) is 19.2 Å². The molecule has 0 saturated carbocycles. The van der Waals surface area contributed by atoms with E-state index in [1.807, 2.05) is 31.2 Å². The molecule has 8 heteroatoms. The minimum Gasteiger partial charge on any atom is -0.496 e. The highest BCUT2D eigenvalue weighted by Crippen LogP contribution is 2.27. The van der Waals surface area contributed by atoms with Crippen molar-refractivity contribution < 1.29 is 23.8 Å². The number of rotatable bonds is 1. The third kappa shape index (κ3) is 4.91. The van der Waals surface area contributed by atoms with Gasteiger partial charge in [-0.3, -0.25) is 9.59 Å². The van der Waals surface area contributed by atoms with Crippen LogP contribution in [0.15, 0.2) is 36.4 Å². The Morgan fingerprint density at radius 3 is 2.84 bits per heavy atom. The van der Waals surface area contributed by atoms with Crippen molar-refractivity contribution in [3.8, 4) is 17.2 Å². The van der Waals surface area contributed by atoms with Gasteiger partial charge in [0.25, 0.3) is 11.8 Å². The minimum absolute atomic E-state index is 0.149. The lowest BCUT2D eigenvalue weighted by Crippen LogP contribution is -2.55. The predicted molar refractivity (Wildman–Crippen MR) is 115 cm³/mol. The SMILES string of the molecule is COc1cc2ccc1CNC(=O)COc1cc(ccc1C)C(=O)N[C@H]1CNCC[C@H]1O2. The maximum atomic E-state index is 12.9. The molecule has 1 saturated heterocycles. The zero-order valence-electron chi connectivity index (χ0n) is 17.7. The highest BCUT2D eigenvalue weighted by Gasteiger charge is 2.29. The summed E-state index contributed by atoms with van der Waals surface area (Å²) in [5.74, 6) is 1.30. The number of nitrogens with one attached hydrogen (secondary N) is 3. The van der Waals surface area contributed by atoms with E-state index in [4.69, 9.17) is 14.2 Å². The second-order valence-electron chi connectivity index (χ2n) is 7.75. The van der Waals surface area contributed by atoms with Crippen LogP contribution in [-0.4, -0.2) is 50.8 Å². The van der Waals surface area contributed by atoms with Crippen molar-refractivity contribution in [2.45, 2.75) is 32.0 Å². The average molecular weight is 425 g/mol. The maximum Gasteiger partial charge on any atom is 0.258 e. The van der Waals surface area contributed by atoms with Gasteiger partial charge < -0.3 is 30.2 Å². The van der Waals surface area contributed by atoms with Crippen molar-refractivity contribution in [1.82, 2.24) is 16.0 Å². The smallest absolute Gasteiger partial charge is 0.258 e. The van der Waals surface area contributed by atoms with Crippen LogP contribution >= 0.6 is 0 Å². The first-order valence-corrected chi connectivity index (χ1v) is 10.4. The monoisotopic (exact) mass is 425 g/mol. The van der Waals surface area contributed by atoms with Crippen LogP contribution in [0.4, 0.5) is 0 Å². The van der Waals surface area contributed by atoms with Gasteiger partial charge in [-0.15, -0.1) is 0 Å². The molecule has 5 rings (SSSR count). The quantitative estimate of drug-likeness (QED) is 0.642. The van der Waals surface area contributed by atoms with Crippen LogP contribution < -0.4 is 30.2 Å². The Hall–Kier alpha value is -3.26. The fourth-order valence-electron chi connectivity index (χ4n) is 3.78. The lowest BCUT2D eigenvalue weighted by Gasteiger charge is -2.33. The fourth-order valence-corrected chi connectivity index (χ4v) is 3.78. The molecule has 4 bridgehead atoms. The van der Waals surface area contributed by atoms with Crippen LogP contribution in [-0.2, 0) is 11.3 Å². The third-order valence-electron chi connectivity index (χ3n) is 5.57. The normalized spacial score (nSPS) is 21.6. The van der Waals surface area contributed by atoms with E-state index in [2.05, 4.69) is 16.0 Å². The molecular formula is C23H27N3O5. The van der Waals surface area contributed by atoms with Crippen LogP contribution in [0.2, 0.25) is 0 Å². The molecule has 0 radical (unpaired) electrons. The van der Waals surface area contributed by atoms with E-state index in [0.717, 1.165) is 24.1 Å². The summed E-state index contributed by atoms with van der Waals surface area (Å²) in [4.78, 5) is 25.2. The Morgan fingerprint density at radius 2 is 2.00 bits per heavy atom. The van der Waals surface area contributed by atoms with Crippen LogP contribution in [0.25, 0.3) is 0 Å². The van der Waals surface area contributed by atoms with Crippen molar-refractivity contribution in [3.05, 3.63) is 53.1 Å². The average Bonchev–Trinajstić information content (AvgIpc) is 2.78. The second kappa shape index (κ2) is 9.26. The molecule has 3 N–H and O–H groups in total. The highest BCUT2D eigenvalue weighted by molar-refractivity contribution is 5.95. The Labute approximate surface area is 181 Å². The summed E-state index contributed by atoms with van der Waals surface area (Å²) in [5.41, 5.74) is 2.15. The van der Waals surface area contributed by atoms with Gasteiger partial charge in [0.15, 0.2) is 6.61 Å². The van der Waals surface area contributed by atoms with E-state index in [-0.39, 0.29) is 30.6 Å². The number of hydrogen-bond donors (Lipinski definition) is 3. The molecule has 1 fully saturated rings. The summed E-state index contributed by atoms with van der Waals surface area (Å²) in [7, 11) is 1.58. The van der Waals surface area contributed by atoms with Crippen LogP contribution in [0.3, 0.4) is 0 Å². The van der Waals surface area contributed by atoms with E-state index in [0.29, 0.717) is 35.9 Å². The minimum atomic E-state index is -0.266. The van der Waals surface area contributed by atoms with Crippen molar-refractivity contribution in [2.24, 2.45) is 0 Å². The van der Waals surface area contributed by atoms with Crippen LogP contribution in [0, 0.1) is 6.92 Å². The summed E-state index contributed by atoms with van der Waals surface area (Å²) in [6, 6.07) is 10.6. The third-order valence-corrected chi connectivity index (χ3v) is 5.57. The van der Waals surface area contributed by atoms with E-state index in [1.165, 1.54) is 0 Å². The molecule has 2 aromatic carbocycles. The molecule has 3 aliphatic heterocycles. The van der Waals surface area contributed by atoms with Gasteiger partial charge in [0.05, 0.1) is 13.2 Å². The number of methoxy groups -OCH3 is 1. The first-order chi connectivity index (χ1) is 15.0. The van der Waals surface area contributed by atoms with Crippen LogP contribution in [0.1, 0.15) is 27.9 Å². The number of benzene rings is 2. The number of fused-ring (bicyclic) bond motifs is 7. The number of amides is 2. The Balaban J connectivity index is 1.66. The van der Waals surface area contributed by atoms with Gasteiger partial charge in [-0.1, -0.05) is 6.07 Å². The lowest BCUT2D eigenvalue weighted by molar-refractivity contribution is -0.123. The summed E-state index contributed by atoms with van der Waals surface area (Å²) >= 11 is 0. The topological polar surface area (TPSA) is 97.9 Å². The van der Waals surface area contributed by atoms with Gasteiger partial charge in [-0.2, -0.15) is 0 Å². The lowest BCUT2D eigenvalue weighted by atomic mass is 10.0. The molecule has 8 nitrogen and oxygen atoms in total. The van der Waals surface area contributed by atoms with E-state index in [9.17, 15) is 9.59 Å². The van der Waals surface area contributed by atoms with E-state index >= 15 is 0 Å². The number of piperidine rings is 1. The predicted octanol–water partition coefficient (Wildman–Crippen LogP) is 1.55. The maximum absolute atomic E-state index is 12.9. The molecular weight excluding hydrogens is 398 g/mol. The zero-order valence-corrected chi connectivity index (χ0v) is 17.7. The van der Waals surface area contributed by atoms with Gasteiger partial charge in [0.2, 0.25) is 0 Å². The Kier molecular flexibility index (Phi) is 6.27. The molecule has 2 aromatic rings. The molecule has 0 aromatic heterocycles. The molecule has 2 amide bonds. The summed E-state index contributed by atoms with van der Waals surface area (Å²) in [5, 5.41) is 9.23. The van der Waals surface area contributed by atoms with Gasteiger partial charge in [-0.25, -0.2) is 0 Å². The molecule has 164 valence electrons. The standard InChI is InChI=1S/C23H27N3O5/c1-14-3-4-15-9-20(14)30-13-22(27)25-11-16-5-6-17(10-21(16)29-2)31-19-7-8-24-12-18(19)26-23(15)28/h3-6,9-10,18-19,24H,7-8,11-13H2,1-2H3,(H,25,27)(H,26,28)/t18-,19+/m0/s1. The molecule has 0 spiro atoms. The molecule has 3 heterocycles. The molecule has 31 heavy (non-hydrogen) atoms. The number of carbonyl (C=O) groups excluding carboxylic acids is 2. The van der Waals surface area contributed by atoms with Crippen molar-refractivity contribution >= 4 is 11.8 Å². The van der Waals surface area contributed by atoms with Gasteiger partial charge in [-0.05, 0) is 49.7 Å². The first kappa shape index (κ1) is 21.0. The molecule has 0 unspecified atom stereocenters. The van der Waals surface area contributed by atoms with Crippen LogP contribution in [0.5, 0.6) is 17.2 Å². The number of aryl methyl sites for hydroxylation is 1. The largest absolute Gasteiger partial charge is 0.496 e. The highest BCUT2D eigenvalue weighted by atomic mass is 16.5. The van der Waals surface area contributed by atoms with Crippen molar-refractivity contribution in [2.75, 3.05) is 26.8 Å². The number of hydrogen-bond acceptors (Lipinski definition) is 6. The van der Waals surface area contributed by atoms with Crippen molar-refractivity contribution in [1.29, 1.82) is 0 Å². The summed E-state index contributed by atoms with van der Waals surface area (Å²) in [6.07, 6.45) is 0.574. The fraction of sp³-hybridized carbons (Fsp3) is 0.391. The Morgan fingerprint density at radius 1 is 1.13 bits per heavy atom. The number of ether oxygens (including phenoxy) is 3. The van der Waals surface area contributed by atoms with Gasteiger partial charge in [0.1, 0.15) is 23.4 Å². The molecule has 2 atom stereocenters. The molecule has 3 aliphatic rings. The molecule has 0 aliphatic carbocycles. The van der Waals surface area contributed by atoms with Gasteiger partial charge in [0, 0.05) is 30.3 Å². The first-order valence-electron chi connectivity index (χ1n) is 10.4. The summed E-state index contributed by atoms with van der Waals surface area (Å²) < 4.78 is 17.4. The number of carbonyl (C=O) groups is 2. The Bertz CT molecular complexity index is 978.